The van der Waals surface area contributed by atoms with E-state index in [1.165, 1.54) is 0 Å². The first kappa shape index (κ1) is 23.0. The number of pyridine rings is 1. The molecule has 2 atom stereocenters. The van der Waals surface area contributed by atoms with Crippen LogP contribution in [0.2, 0.25) is 0 Å². The van der Waals surface area contributed by atoms with E-state index >= 15 is 0 Å². The fraction of sp³-hybridized carbons (Fsp3) is 0.143. The van der Waals surface area contributed by atoms with Gasteiger partial charge in [-0.15, -0.1) is 0 Å². The van der Waals surface area contributed by atoms with E-state index in [2.05, 4.69) is 21.8 Å². The third kappa shape index (κ3) is 4.24. The highest BCUT2D eigenvalue weighted by atomic mass is 16.3. The number of nitriles is 1. The van der Waals surface area contributed by atoms with Crippen molar-refractivity contribution in [3.63, 3.8) is 0 Å². The van der Waals surface area contributed by atoms with E-state index in [1.807, 2.05) is 62.4 Å². The maximum absolute atomic E-state index is 13.2. The Kier molecular flexibility index (Phi) is 6.07. The zero-order valence-corrected chi connectivity index (χ0v) is 19.8. The number of aryl methyl sites for hydroxylation is 1. The number of aromatic nitrogens is 1. The summed E-state index contributed by atoms with van der Waals surface area (Å²) in [5.74, 6) is -0.362. The molecule has 1 saturated heterocycles. The summed E-state index contributed by atoms with van der Waals surface area (Å²) in [5.41, 5.74) is 5.17. The van der Waals surface area contributed by atoms with Crippen molar-refractivity contribution < 1.29 is 9.90 Å². The SMILES string of the molecule is Cc1cccc(NC(=O)c2cc3ccccc3c(N=C3C(C#N)C(C)NN3c3ccccn3)c2O)c1. The number of carbonyl (C=O) groups is 1. The molecule has 4 aromatic rings. The molecule has 36 heavy (non-hydrogen) atoms. The number of carbonyl (C=O) groups excluding carboxylic acids is 1. The number of nitrogens with one attached hydrogen (secondary N) is 2. The lowest BCUT2D eigenvalue weighted by atomic mass is 10.0. The Balaban J connectivity index is 1.66. The van der Waals surface area contributed by atoms with Crippen molar-refractivity contribution in [2.24, 2.45) is 10.9 Å². The van der Waals surface area contributed by atoms with Gasteiger partial charge in [-0.25, -0.2) is 20.4 Å². The first-order valence-corrected chi connectivity index (χ1v) is 11.5. The van der Waals surface area contributed by atoms with Crippen molar-refractivity contribution in [1.82, 2.24) is 10.4 Å². The summed E-state index contributed by atoms with van der Waals surface area (Å²) in [4.78, 5) is 22.4. The molecule has 1 fully saturated rings. The number of amides is 1. The smallest absolute Gasteiger partial charge is 0.259 e. The van der Waals surface area contributed by atoms with E-state index in [9.17, 15) is 15.2 Å². The predicted molar refractivity (Wildman–Crippen MR) is 140 cm³/mol. The van der Waals surface area contributed by atoms with Gasteiger partial charge >= 0.3 is 0 Å². The lowest BCUT2D eigenvalue weighted by Gasteiger charge is -2.19. The van der Waals surface area contributed by atoms with Crippen LogP contribution in [0.4, 0.5) is 17.2 Å². The van der Waals surface area contributed by atoms with E-state index in [0.717, 1.165) is 10.9 Å². The zero-order chi connectivity index (χ0) is 25.2. The Morgan fingerprint density at radius 2 is 1.94 bits per heavy atom. The van der Waals surface area contributed by atoms with Gasteiger partial charge in [0.1, 0.15) is 23.3 Å². The fourth-order valence-electron chi connectivity index (χ4n) is 4.31. The molecule has 5 rings (SSSR count). The van der Waals surface area contributed by atoms with Crippen molar-refractivity contribution in [2.45, 2.75) is 19.9 Å². The number of nitrogens with zero attached hydrogens (tertiary/aromatic N) is 4. The number of rotatable bonds is 4. The van der Waals surface area contributed by atoms with E-state index < -0.39 is 11.8 Å². The Labute approximate surface area is 208 Å². The highest BCUT2D eigenvalue weighted by Gasteiger charge is 2.38. The molecule has 0 saturated carbocycles. The highest BCUT2D eigenvalue weighted by Crippen LogP contribution is 2.40. The number of phenolic OH excluding ortho intramolecular Hbond substituents is 1. The second-order valence-electron chi connectivity index (χ2n) is 8.68. The normalized spacial score (nSPS) is 18.4. The molecule has 0 bridgehead atoms. The maximum Gasteiger partial charge on any atom is 0.259 e. The van der Waals surface area contributed by atoms with Gasteiger partial charge in [0.05, 0.1) is 11.6 Å². The molecule has 1 aromatic heterocycles. The monoisotopic (exact) mass is 476 g/mol. The Morgan fingerprint density at radius 1 is 1.14 bits per heavy atom. The van der Waals surface area contributed by atoms with Gasteiger partial charge in [0, 0.05) is 23.3 Å². The van der Waals surface area contributed by atoms with Gasteiger partial charge in [-0.3, -0.25) is 4.79 Å². The number of hydrogen-bond acceptors (Lipinski definition) is 6. The predicted octanol–water partition coefficient (Wildman–Crippen LogP) is 5.08. The Morgan fingerprint density at radius 3 is 2.69 bits per heavy atom. The number of aromatic hydroxyl groups is 1. The van der Waals surface area contributed by atoms with Crippen LogP contribution in [-0.2, 0) is 0 Å². The van der Waals surface area contributed by atoms with E-state index in [4.69, 9.17) is 4.99 Å². The molecule has 8 nitrogen and oxygen atoms in total. The van der Waals surface area contributed by atoms with E-state index in [-0.39, 0.29) is 23.0 Å². The number of hydrogen-bond donors (Lipinski definition) is 3. The minimum absolute atomic E-state index is 0.0893. The number of aliphatic imine (C=N–C) groups is 1. The summed E-state index contributed by atoms with van der Waals surface area (Å²) in [5, 5.41) is 27.2. The Hall–Kier alpha value is -4.74. The van der Waals surface area contributed by atoms with E-state index in [0.29, 0.717) is 22.7 Å². The molecule has 1 aliphatic rings. The third-order valence-corrected chi connectivity index (χ3v) is 6.10. The second kappa shape index (κ2) is 9.49. The number of amidine groups is 1. The van der Waals surface area contributed by atoms with Crippen LogP contribution < -0.4 is 15.8 Å². The van der Waals surface area contributed by atoms with Crippen LogP contribution in [0, 0.1) is 24.2 Å². The topological polar surface area (TPSA) is 114 Å². The first-order valence-electron chi connectivity index (χ1n) is 11.5. The molecule has 3 aromatic carbocycles. The molecule has 2 heterocycles. The second-order valence-corrected chi connectivity index (χ2v) is 8.68. The highest BCUT2D eigenvalue weighted by molar-refractivity contribution is 6.13. The summed E-state index contributed by atoms with van der Waals surface area (Å²) >= 11 is 0. The van der Waals surface area contributed by atoms with Gasteiger partial charge in [0.25, 0.3) is 5.91 Å². The van der Waals surface area contributed by atoms with Gasteiger partial charge in [0.15, 0.2) is 5.75 Å². The average Bonchev–Trinajstić information content (AvgIpc) is 3.20. The molecule has 1 aliphatic heterocycles. The van der Waals surface area contributed by atoms with Crippen LogP contribution >= 0.6 is 0 Å². The summed E-state index contributed by atoms with van der Waals surface area (Å²) in [6.45, 7) is 3.82. The largest absolute Gasteiger partial charge is 0.505 e. The summed E-state index contributed by atoms with van der Waals surface area (Å²) in [6.07, 6.45) is 1.65. The van der Waals surface area contributed by atoms with Gasteiger partial charge in [0.2, 0.25) is 0 Å². The average molecular weight is 477 g/mol. The number of hydrazine groups is 1. The van der Waals surface area contributed by atoms with Gasteiger partial charge in [-0.05, 0) is 55.1 Å². The molecule has 178 valence electrons. The zero-order valence-electron chi connectivity index (χ0n) is 19.8. The maximum atomic E-state index is 13.2. The standard InChI is InChI=1S/C28H24N6O2/c1-17-8-7-10-20(14-17)31-28(36)22-15-19-9-3-4-11-21(19)25(26(22)35)32-27-23(16-29)18(2)33-34(27)24-12-5-6-13-30-24/h3-15,18,23,33,35H,1-2H3,(H,31,36). The molecule has 0 aliphatic carbocycles. The molecule has 1 amide bonds. The molecule has 2 unspecified atom stereocenters. The van der Waals surface area contributed by atoms with Crippen molar-refractivity contribution in [3.8, 4) is 11.8 Å². The van der Waals surface area contributed by atoms with Gasteiger partial charge in [-0.1, -0.05) is 42.5 Å². The van der Waals surface area contributed by atoms with Crippen LogP contribution in [0.1, 0.15) is 22.8 Å². The van der Waals surface area contributed by atoms with Crippen LogP contribution in [0.5, 0.6) is 5.75 Å². The third-order valence-electron chi connectivity index (χ3n) is 6.10. The fourth-order valence-corrected chi connectivity index (χ4v) is 4.31. The summed E-state index contributed by atoms with van der Waals surface area (Å²) in [6, 6.07) is 24.0. The number of anilines is 2. The van der Waals surface area contributed by atoms with Crippen LogP contribution in [0.3, 0.4) is 0 Å². The van der Waals surface area contributed by atoms with Gasteiger partial charge < -0.3 is 10.4 Å². The quantitative estimate of drug-likeness (QED) is 0.378. The minimum atomic E-state index is -0.602. The molecular weight excluding hydrogens is 452 g/mol. The molecule has 3 N–H and O–H groups in total. The number of benzene rings is 3. The Bertz CT molecular complexity index is 1530. The number of phenols is 1. The van der Waals surface area contributed by atoms with Crippen LogP contribution in [0.25, 0.3) is 10.8 Å². The van der Waals surface area contributed by atoms with Crippen molar-refractivity contribution in [2.75, 3.05) is 10.3 Å². The van der Waals surface area contributed by atoms with E-state index in [1.54, 1.807) is 35.5 Å². The summed E-state index contributed by atoms with van der Waals surface area (Å²) in [7, 11) is 0. The van der Waals surface area contributed by atoms with Crippen LogP contribution in [-0.4, -0.2) is 27.9 Å². The van der Waals surface area contributed by atoms with Gasteiger partial charge in [-0.2, -0.15) is 5.26 Å². The van der Waals surface area contributed by atoms with Crippen LogP contribution in [0.15, 0.2) is 84.0 Å². The lowest BCUT2D eigenvalue weighted by molar-refractivity contribution is 0.102. The lowest BCUT2D eigenvalue weighted by Crippen LogP contribution is -2.37. The van der Waals surface area contributed by atoms with Crippen molar-refractivity contribution in [1.29, 1.82) is 5.26 Å². The van der Waals surface area contributed by atoms with Crippen molar-refractivity contribution >= 4 is 39.7 Å². The molecule has 8 heteroatoms. The first-order chi connectivity index (χ1) is 17.5. The molecule has 0 spiro atoms. The minimum Gasteiger partial charge on any atom is -0.505 e. The number of fused-ring (bicyclic) bond motifs is 1. The summed E-state index contributed by atoms with van der Waals surface area (Å²) < 4.78 is 0. The molecule has 0 radical (unpaired) electrons. The van der Waals surface area contributed by atoms with Crippen molar-refractivity contribution in [3.05, 3.63) is 90.1 Å². The molecular formula is C28H24N6O2.